The summed E-state index contributed by atoms with van der Waals surface area (Å²) >= 11 is 6.15. The van der Waals surface area contributed by atoms with Gasteiger partial charge in [-0.3, -0.25) is 0 Å². The molecule has 0 radical (unpaired) electrons. The van der Waals surface area contributed by atoms with Crippen molar-refractivity contribution in [2.45, 2.75) is 31.6 Å². The second kappa shape index (κ2) is 5.35. The summed E-state index contributed by atoms with van der Waals surface area (Å²) in [7, 11) is 0. The third-order valence-electron chi connectivity index (χ3n) is 3.34. The van der Waals surface area contributed by atoms with Crippen LogP contribution < -0.4 is 5.32 Å². The molecule has 1 aliphatic carbocycles. The first-order chi connectivity index (χ1) is 9.93. The smallest absolute Gasteiger partial charge is 0.310 e. The first kappa shape index (κ1) is 14.4. The Bertz CT molecular complexity index is 647. The molecule has 1 aromatic carbocycles. The van der Waals surface area contributed by atoms with Gasteiger partial charge in [0.25, 0.3) is 0 Å². The van der Waals surface area contributed by atoms with Crippen LogP contribution in [-0.4, -0.2) is 15.8 Å². The molecule has 0 aliphatic heterocycles. The van der Waals surface area contributed by atoms with Gasteiger partial charge in [0.1, 0.15) is 0 Å². The molecular formula is C14H13ClF3N3. The molecule has 1 N–H and O–H groups in total. The lowest BCUT2D eigenvalue weighted by molar-refractivity contribution is -0.137. The van der Waals surface area contributed by atoms with Crippen LogP contribution in [-0.2, 0) is 12.7 Å². The van der Waals surface area contributed by atoms with Crippen LogP contribution in [0.2, 0.25) is 5.02 Å². The predicted molar refractivity (Wildman–Crippen MR) is 73.4 cm³/mol. The Balaban J connectivity index is 1.79. The van der Waals surface area contributed by atoms with E-state index >= 15 is 0 Å². The fraction of sp³-hybridized carbons (Fsp3) is 0.357. The van der Waals surface area contributed by atoms with Crippen molar-refractivity contribution < 1.29 is 13.2 Å². The number of nitrogens with zero attached hydrogens (tertiary/aromatic N) is 2. The summed E-state index contributed by atoms with van der Waals surface area (Å²) in [6.45, 7) is 0.706. The molecule has 0 saturated heterocycles. The van der Waals surface area contributed by atoms with Crippen molar-refractivity contribution in [2.24, 2.45) is 0 Å². The number of rotatable bonds is 4. The highest BCUT2D eigenvalue weighted by Crippen LogP contribution is 2.30. The van der Waals surface area contributed by atoms with Gasteiger partial charge < -0.3 is 5.32 Å². The topological polar surface area (TPSA) is 29.9 Å². The van der Waals surface area contributed by atoms with Crippen molar-refractivity contribution in [1.82, 2.24) is 15.1 Å². The van der Waals surface area contributed by atoms with Crippen LogP contribution in [0.3, 0.4) is 0 Å². The molecule has 1 saturated carbocycles. The predicted octanol–water partition coefficient (Wildman–Crippen LogP) is 3.80. The van der Waals surface area contributed by atoms with Gasteiger partial charge in [0, 0.05) is 18.8 Å². The monoisotopic (exact) mass is 315 g/mol. The van der Waals surface area contributed by atoms with E-state index < -0.39 is 11.7 Å². The van der Waals surface area contributed by atoms with Gasteiger partial charge in [0.15, 0.2) is 0 Å². The fourth-order valence-corrected chi connectivity index (χ4v) is 2.29. The molecule has 1 fully saturated rings. The fourth-order valence-electron chi connectivity index (χ4n) is 2.00. The molecule has 0 atom stereocenters. The minimum atomic E-state index is -4.40. The quantitative estimate of drug-likeness (QED) is 0.930. The molecule has 112 valence electrons. The Morgan fingerprint density at radius 3 is 2.67 bits per heavy atom. The second-order valence-electron chi connectivity index (χ2n) is 5.11. The minimum absolute atomic E-state index is 0.377. The van der Waals surface area contributed by atoms with E-state index in [9.17, 15) is 13.2 Å². The summed E-state index contributed by atoms with van der Waals surface area (Å²) in [6.07, 6.45) is -0.292. The maximum absolute atomic E-state index is 12.6. The van der Waals surface area contributed by atoms with E-state index in [1.54, 1.807) is 12.1 Å². The van der Waals surface area contributed by atoms with E-state index in [1.165, 1.54) is 12.8 Å². The lowest BCUT2D eigenvalue weighted by Crippen LogP contribution is -2.15. The number of alkyl halides is 3. The molecule has 1 aliphatic rings. The maximum Gasteiger partial charge on any atom is 0.419 e. The Morgan fingerprint density at radius 2 is 2.10 bits per heavy atom. The number of hydrogen-bond acceptors (Lipinski definition) is 2. The Hall–Kier alpha value is -1.53. The van der Waals surface area contributed by atoms with Gasteiger partial charge in [-0.25, -0.2) is 4.68 Å². The average Bonchev–Trinajstić information content (AvgIpc) is 3.10. The highest BCUT2D eigenvalue weighted by atomic mass is 35.5. The molecule has 2 aromatic rings. The van der Waals surface area contributed by atoms with Gasteiger partial charge in [0.05, 0.1) is 22.5 Å². The van der Waals surface area contributed by atoms with Crippen molar-refractivity contribution in [3.8, 4) is 5.69 Å². The van der Waals surface area contributed by atoms with Crippen LogP contribution >= 0.6 is 11.6 Å². The largest absolute Gasteiger partial charge is 0.419 e. The number of nitrogens with one attached hydrogen (secondary N) is 1. The van der Waals surface area contributed by atoms with Gasteiger partial charge in [0.2, 0.25) is 0 Å². The lowest BCUT2D eigenvalue weighted by atomic mass is 10.2. The van der Waals surface area contributed by atoms with Crippen LogP contribution in [0, 0.1) is 0 Å². The van der Waals surface area contributed by atoms with Crippen molar-refractivity contribution in [3.05, 3.63) is 46.7 Å². The summed E-state index contributed by atoms with van der Waals surface area (Å²) in [5.41, 5.74) is 0.638. The molecule has 0 amide bonds. The summed E-state index contributed by atoms with van der Waals surface area (Å²) < 4.78 is 38.8. The second-order valence-corrected chi connectivity index (χ2v) is 5.52. The van der Waals surface area contributed by atoms with E-state index in [1.807, 2.05) is 6.07 Å². The molecule has 0 spiro atoms. The average molecular weight is 316 g/mol. The van der Waals surface area contributed by atoms with Gasteiger partial charge in [-0.2, -0.15) is 18.3 Å². The molecular weight excluding hydrogens is 303 g/mol. The van der Waals surface area contributed by atoms with E-state index in [-0.39, 0.29) is 0 Å². The van der Waals surface area contributed by atoms with E-state index in [2.05, 4.69) is 10.4 Å². The first-order valence-electron chi connectivity index (χ1n) is 6.57. The van der Waals surface area contributed by atoms with E-state index in [0.717, 1.165) is 22.6 Å². The summed E-state index contributed by atoms with van der Waals surface area (Å²) in [6, 6.07) is 5.86. The summed E-state index contributed by atoms with van der Waals surface area (Å²) in [5, 5.41) is 7.45. The normalized spacial score (nSPS) is 15.4. The number of aromatic nitrogens is 2. The van der Waals surface area contributed by atoms with Gasteiger partial charge >= 0.3 is 6.18 Å². The minimum Gasteiger partial charge on any atom is -0.310 e. The summed E-state index contributed by atoms with van der Waals surface area (Å²) in [4.78, 5) is 0. The van der Waals surface area contributed by atoms with Crippen LogP contribution in [0.5, 0.6) is 0 Å². The standard InChI is InChI=1S/C14H13ClF3N3/c15-12-5-9(6-19-11-2-3-11)1-4-13(12)21-8-10(7-20-21)14(16,17)18/h1,4-5,7-8,11,19H,2-3,6H2. The number of halogens is 4. The molecule has 3 rings (SSSR count). The Morgan fingerprint density at radius 1 is 1.33 bits per heavy atom. The zero-order chi connectivity index (χ0) is 15.0. The number of benzene rings is 1. The van der Waals surface area contributed by atoms with Gasteiger partial charge in [-0.15, -0.1) is 0 Å². The van der Waals surface area contributed by atoms with Crippen molar-refractivity contribution in [1.29, 1.82) is 0 Å². The first-order valence-corrected chi connectivity index (χ1v) is 6.95. The van der Waals surface area contributed by atoms with E-state index in [4.69, 9.17) is 11.6 Å². The van der Waals surface area contributed by atoms with Crippen molar-refractivity contribution >= 4 is 11.6 Å². The van der Waals surface area contributed by atoms with Gasteiger partial charge in [-0.1, -0.05) is 17.7 Å². The van der Waals surface area contributed by atoms with Gasteiger partial charge in [-0.05, 0) is 30.5 Å². The SMILES string of the molecule is FC(F)(F)c1cnn(-c2ccc(CNC3CC3)cc2Cl)c1. The molecule has 21 heavy (non-hydrogen) atoms. The maximum atomic E-state index is 12.6. The number of hydrogen-bond donors (Lipinski definition) is 1. The third-order valence-corrected chi connectivity index (χ3v) is 3.64. The van der Waals surface area contributed by atoms with Crippen LogP contribution in [0.25, 0.3) is 5.69 Å². The van der Waals surface area contributed by atoms with E-state index in [0.29, 0.717) is 23.3 Å². The molecule has 0 unspecified atom stereocenters. The highest BCUT2D eigenvalue weighted by molar-refractivity contribution is 6.32. The third kappa shape index (κ3) is 3.39. The van der Waals surface area contributed by atoms with Crippen LogP contribution in [0.15, 0.2) is 30.6 Å². The zero-order valence-corrected chi connectivity index (χ0v) is 11.7. The molecule has 0 bridgehead atoms. The van der Waals surface area contributed by atoms with Crippen molar-refractivity contribution in [3.63, 3.8) is 0 Å². The zero-order valence-electron chi connectivity index (χ0n) is 11.0. The Labute approximate surface area is 124 Å². The lowest BCUT2D eigenvalue weighted by Gasteiger charge is -2.08. The molecule has 7 heteroatoms. The summed E-state index contributed by atoms with van der Waals surface area (Å²) in [5.74, 6) is 0. The van der Waals surface area contributed by atoms with Crippen LogP contribution in [0.4, 0.5) is 13.2 Å². The van der Waals surface area contributed by atoms with Crippen molar-refractivity contribution in [2.75, 3.05) is 0 Å². The highest BCUT2D eigenvalue weighted by Gasteiger charge is 2.32. The van der Waals surface area contributed by atoms with Crippen LogP contribution in [0.1, 0.15) is 24.0 Å². The molecule has 1 heterocycles. The molecule has 1 aromatic heterocycles. The molecule has 3 nitrogen and oxygen atoms in total. The Kier molecular flexibility index (Phi) is 3.67.